The highest BCUT2D eigenvalue weighted by Crippen LogP contribution is 2.19. The molecular formula is C23H27N3O3. The van der Waals surface area contributed by atoms with Crippen LogP contribution in [0.1, 0.15) is 17.5 Å². The molecule has 1 heterocycles. The molecular weight excluding hydrogens is 366 g/mol. The molecule has 2 N–H and O–H groups in total. The van der Waals surface area contributed by atoms with Gasteiger partial charge in [0.1, 0.15) is 5.75 Å². The Labute approximate surface area is 171 Å². The maximum Gasteiger partial charge on any atom is 0.237 e. The van der Waals surface area contributed by atoms with Crippen LogP contribution in [0.4, 0.5) is 0 Å². The predicted octanol–water partition coefficient (Wildman–Crippen LogP) is 2.22. The van der Waals surface area contributed by atoms with Crippen LogP contribution in [-0.2, 0) is 16.1 Å². The van der Waals surface area contributed by atoms with Crippen LogP contribution in [0.2, 0.25) is 0 Å². The van der Waals surface area contributed by atoms with Crippen molar-refractivity contribution in [1.29, 1.82) is 0 Å². The highest BCUT2D eigenvalue weighted by atomic mass is 16.5. The predicted molar refractivity (Wildman–Crippen MR) is 113 cm³/mol. The minimum atomic E-state index is -0.471. The number of nitrogens with zero attached hydrogens (tertiary/aromatic N) is 1. The van der Waals surface area contributed by atoms with Gasteiger partial charge in [-0.2, -0.15) is 0 Å². The van der Waals surface area contributed by atoms with Crippen molar-refractivity contribution in [2.75, 3.05) is 26.7 Å². The molecule has 1 aliphatic rings. The fraction of sp³-hybridized carbons (Fsp3) is 0.304. The molecule has 1 unspecified atom stereocenters. The number of methoxy groups -OCH3 is 1. The van der Waals surface area contributed by atoms with Gasteiger partial charge in [-0.15, -0.1) is 0 Å². The van der Waals surface area contributed by atoms with Gasteiger partial charge in [0.25, 0.3) is 0 Å². The number of para-hydroxylation sites is 1. The van der Waals surface area contributed by atoms with E-state index in [0.717, 1.165) is 16.9 Å². The van der Waals surface area contributed by atoms with Gasteiger partial charge in [0.05, 0.1) is 19.6 Å². The van der Waals surface area contributed by atoms with Gasteiger partial charge in [0.2, 0.25) is 11.8 Å². The summed E-state index contributed by atoms with van der Waals surface area (Å²) in [4.78, 5) is 26.8. The largest absolute Gasteiger partial charge is 0.496 e. The minimum Gasteiger partial charge on any atom is -0.496 e. The van der Waals surface area contributed by atoms with Crippen molar-refractivity contribution >= 4 is 17.9 Å². The highest BCUT2D eigenvalue weighted by molar-refractivity contribution is 5.88. The molecule has 29 heavy (non-hydrogen) atoms. The zero-order valence-electron chi connectivity index (χ0n) is 16.6. The number of hydrogen-bond donors (Lipinski definition) is 2. The van der Waals surface area contributed by atoms with Crippen LogP contribution in [0.3, 0.4) is 0 Å². The lowest BCUT2D eigenvalue weighted by Gasteiger charge is -2.33. The van der Waals surface area contributed by atoms with E-state index in [2.05, 4.69) is 10.6 Å². The molecule has 2 aromatic carbocycles. The maximum atomic E-state index is 12.4. The van der Waals surface area contributed by atoms with Crippen LogP contribution in [0.25, 0.3) is 6.08 Å². The second-order valence-corrected chi connectivity index (χ2v) is 6.91. The van der Waals surface area contributed by atoms with Gasteiger partial charge in [0, 0.05) is 31.7 Å². The Morgan fingerprint density at radius 3 is 2.76 bits per heavy atom. The third-order valence-electron chi connectivity index (χ3n) is 4.93. The zero-order chi connectivity index (χ0) is 20.5. The lowest BCUT2D eigenvalue weighted by atomic mass is 10.1. The van der Waals surface area contributed by atoms with Crippen LogP contribution in [0.15, 0.2) is 60.7 Å². The Balaban J connectivity index is 1.57. The summed E-state index contributed by atoms with van der Waals surface area (Å²) in [5.74, 6) is 0.573. The molecule has 1 fully saturated rings. The van der Waals surface area contributed by atoms with E-state index in [1.165, 1.54) is 0 Å². The topological polar surface area (TPSA) is 70.7 Å². The maximum absolute atomic E-state index is 12.4. The van der Waals surface area contributed by atoms with Crippen molar-refractivity contribution in [3.63, 3.8) is 0 Å². The van der Waals surface area contributed by atoms with Gasteiger partial charge >= 0.3 is 0 Å². The molecule has 1 atom stereocenters. The van der Waals surface area contributed by atoms with Crippen LogP contribution >= 0.6 is 0 Å². The normalized spacial score (nSPS) is 17.1. The molecule has 0 radical (unpaired) electrons. The smallest absolute Gasteiger partial charge is 0.237 e. The number of carbonyl (C=O) groups excluding carboxylic acids is 2. The Bertz CT molecular complexity index is 851. The monoisotopic (exact) mass is 393 g/mol. The number of nitrogens with one attached hydrogen (secondary N) is 2. The lowest BCUT2D eigenvalue weighted by Crippen LogP contribution is -2.56. The Hall–Kier alpha value is -3.12. The molecule has 2 amide bonds. The van der Waals surface area contributed by atoms with E-state index in [0.29, 0.717) is 26.2 Å². The quantitative estimate of drug-likeness (QED) is 0.722. The second kappa shape index (κ2) is 10.4. The third kappa shape index (κ3) is 5.93. The van der Waals surface area contributed by atoms with Crippen molar-refractivity contribution in [2.45, 2.75) is 19.0 Å². The van der Waals surface area contributed by atoms with Gasteiger partial charge in [-0.3, -0.25) is 14.5 Å². The summed E-state index contributed by atoms with van der Waals surface area (Å²) in [5.41, 5.74) is 2.01. The molecule has 6 nitrogen and oxygen atoms in total. The van der Waals surface area contributed by atoms with E-state index in [4.69, 9.17) is 4.74 Å². The van der Waals surface area contributed by atoms with E-state index in [-0.39, 0.29) is 18.2 Å². The fourth-order valence-electron chi connectivity index (χ4n) is 3.37. The number of ether oxygens (including phenoxy) is 1. The van der Waals surface area contributed by atoms with E-state index >= 15 is 0 Å². The van der Waals surface area contributed by atoms with Crippen LogP contribution < -0.4 is 15.4 Å². The molecule has 6 heteroatoms. The molecule has 0 bridgehead atoms. The summed E-state index contributed by atoms with van der Waals surface area (Å²) >= 11 is 0. The van der Waals surface area contributed by atoms with Gasteiger partial charge in [0.15, 0.2) is 0 Å². The summed E-state index contributed by atoms with van der Waals surface area (Å²) < 4.78 is 5.36. The molecule has 1 saturated heterocycles. The molecule has 0 aromatic heterocycles. The van der Waals surface area contributed by atoms with Gasteiger partial charge in [-0.05, 0) is 11.6 Å². The number of benzene rings is 2. The average Bonchev–Trinajstić information content (AvgIpc) is 2.75. The van der Waals surface area contributed by atoms with E-state index in [1.54, 1.807) is 7.11 Å². The second-order valence-electron chi connectivity index (χ2n) is 6.91. The Morgan fingerprint density at radius 1 is 1.21 bits per heavy atom. The number of carbonyl (C=O) groups is 2. The van der Waals surface area contributed by atoms with Crippen LogP contribution in [0.5, 0.6) is 5.75 Å². The third-order valence-corrected chi connectivity index (χ3v) is 4.93. The lowest BCUT2D eigenvalue weighted by molar-refractivity contribution is -0.133. The molecule has 152 valence electrons. The standard InChI is InChI=1S/C23H27N3O3/c1-29-21-12-6-5-10-19(21)11-7-14-26-15-13-24-23(28)20(26)16-22(27)25-17-18-8-3-2-4-9-18/h2-12,20H,13-17H2,1H3,(H,24,28)(H,25,27)/b11-7+. The number of rotatable bonds is 8. The van der Waals surface area contributed by atoms with Gasteiger partial charge < -0.3 is 15.4 Å². The van der Waals surface area contributed by atoms with Crippen LogP contribution in [-0.4, -0.2) is 49.5 Å². The van der Waals surface area contributed by atoms with Crippen molar-refractivity contribution in [1.82, 2.24) is 15.5 Å². The summed E-state index contributed by atoms with van der Waals surface area (Å²) in [6.45, 7) is 2.34. The summed E-state index contributed by atoms with van der Waals surface area (Å²) in [6, 6.07) is 17.0. The van der Waals surface area contributed by atoms with Crippen LogP contribution in [0, 0.1) is 0 Å². The minimum absolute atomic E-state index is 0.100. The molecule has 2 aromatic rings. The van der Waals surface area contributed by atoms with E-state index in [9.17, 15) is 9.59 Å². The number of hydrogen-bond acceptors (Lipinski definition) is 4. The Kier molecular flexibility index (Phi) is 7.41. The average molecular weight is 393 g/mol. The molecule has 0 aliphatic carbocycles. The summed E-state index contributed by atoms with van der Waals surface area (Å²) in [7, 11) is 1.64. The van der Waals surface area contributed by atoms with Gasteiger partial charge in [-0.25, -0.2) is 0 Å². The van der Waals surface area contributed by atoms with Crippen molar-refractivity contribution in [2.24, 2.45) is 0 Å². The first-order valence-corrected chi connectivity index (χ1v) is 9.79. The molecule has 1 aliphatic heterocycles. The van der Waals surface area contributed by atoms with Crippen molar-refractivity contribution in [3.8, 4) is 5.75 Å². The summed E-state index contributed by atoms with van der Waals surface area (Å²) in [6.07, 6.45) is 4.13. The summed E-state index contributed by atoms with van der Waals surface area (Å²) in [5, 5.41) is 5.77. The van der Waals surface area contributed by atoms with Crippen molar-refractivity contribution < 1.29 is 14.3 Å². The molecule has 0 spiro atoms. The van der Waals surface area contributed by atoms with E-state index < -0.39 is 6.04 Å². The first-order valence-electron chi connectivity index (χ1n) is 9.79. The number of piperazine rings is 1. The first kappa shape index (κ1) is 20.6. The molecule has 0 saturated carbocycles. The SMILES string of the molecule is COc1ccccc1/C=C/CN1CCNC(=O)C1CC(=O)NCc1ccccc1. The van der Waals surface area contributed by atoms with Crippen molar-refractivity contribution in [3.05, 3.63) is 71.8 Å². The highest BCUT2D eigenvalue weighted by Gasteiger charge is 2.30. The molecule has 3 rings (SSSR count). The number of amides is 2. The van der Waals surface area contributed by atoms with Gasteiger partial charge in [-0.1, -0.05) is 60.7 Å². The fourth-order valence-corrected chi connectivity index (χ4v) is 3.37. The Morgan fingerprint density at radius 2 is 1.97 bits per heavy atom. The first-order chi connectivity index (χ1) is 14.2. The van der Waals surface area contributed by atoms with E-state index in [1.807, 2.05) is 71.6 Å². The zero-order valence-corrected chi connectivity index (χ0v) is 16.6.